The van der Waals surface area contributed by atoms with Crippen molar-refractivity contribution in [3.8, 4) is 0 Å². The topological polar surface area (TPSA) is 41.5 Å². The van der Waals surface area contributed by atoms with Crippen molar-refractivity contribution in [1.82, 2.24) is 5.32 Å². The van der Waals surface area contributed by atoms with Gasteiger partial charge in [-0.3, -0.25) is 0 Å². The van der Waals surface area contributed by atoms with Crippen molar-refractivity contribution in [2.45, 2.75) is 25.0 Å². The zero-order valence-electron chi connectivity index (χ0n) is 9.79. The highest BCUT2D eigenvalue weighted by Gasteiger charge is 2.28. The zero-order chi connectivity index (χ0) is 12.1. The number of nitrogens with one attached hydrogen (secondary N) is 1. The number of aliphatic hydroxyl groups is 1. The van der Waals surface area contributed by atoms with Gasteiger partial charge in [0.05, 0.1) is 5.60 Å². The van der Waals surface area contributed by atoms with Gasteiger partial charge in [0.2, 0.25) is 0 Å². The van der Waals surface area contributed by atoms with E-state index in [0.717, 1.165) is 11.6 Å². The SMILES string of the molecule is OC1(CNCc2ccc(Cl)cc2)CCOCC1. The standard InChI is InChI=1S/C13H18ClNO2/c14-12-3-1-11(2-4-12)9-15-10-13(16)5-7-17-8-6-13/h1-4,15-16H,5-10H2. The van der Waals surface area contributed by atoms with Crippen LogP contribution in [0.5, 0.6) is 0 Å². The first-order valence-electron chi connectivity index (χ1n) is 5.93. The van der Waals surface area contributed by atoms with E-state index < -0.39 is 5.60 Å². The Labute approximate surface area is 107 Å². The maximum atomic E-state index is 10.2. The molecular formula is C13H18ClNO2. The van der Waals surface area contributed by atoms with E-state index in [0.29, 0.717) is 32.6 Å². The highest BCUT2D eigenvalue weighted by Crippen LogP contribution is 2.19. The molecule has 0 spiro atoms. The van der Waals surface area contributed by atoms with Gasteiger partial charge in [-0.05, 0) is 17.7 Å². The lowest BCUT2D eigenvalue weighted by Gasteiger charge is -2.32. The third kappa shape index (κ3) is 3.96. The molecule has 0 bridgehead atoms. The highest BCUT2D eigenvalue weighted by molar-refractivity contribution is 6.30. The summed E-state index contributed by atoms with van der Waals surface area (Å²) in [5.74, 6) is 0. The summed E-state index contributed by atoms with van der Waals surface area (Å²) >= 11 is 5.82. The minimum atomic E-state index is -0.606. The normalized spacial score (nSPS) is 19.2. The molecule has 2 rings (SSSR count). The Kier molecular flexibility index (Phi) is 4.40. The van der Waals surface area contributed by atoms with Gasteiger partial charge in [-0.25, -0.2) is 0 Å². The molecule has 2 N–H and O–H groups in total. The maximum absolute atomic E-state index is 10.2. The van der Waals surface area contributed by atoms with Crippen molar-refractivity contribution in [1.29, 1.82) is 0 Å². The van der Waals surface area contributed by atoms with E-state index in [9.17, 15) is 5.11 Å². The minimum absolute atomic E-state index is 0.606. The Hall–Kier alpha value is -0.610. The van der Waals surface area contributed by atoms with Crippen LogP contribution in [-0.4, -0.2) is 30.5 Å². The summed E-state index contributed by atoms with van der Waals surface area (Å²) in [6, 6.07) is 7.73. The van der Waals surface area contributed by atoms with Gasteiger partial charge in [0.15, 0.2) is 0 Å². The van der Waals surface area contributed by atoms with E-state index in [2.05, 4.69) is 5.32 Å². The molecule has 0 atom stereocenters. The average Bonchev–Trinajstić information content (AvgIpc) is 2.32. The van der Waals surface area contributed by atoms with Gasteiger partial charge >= 0.3 is 0 Å². The molecule has 1 aliphatic heterocycles. The second-order valence-electron chi connectivity index (χ2n) is 4.57. The first-order valence-corrected chi connectivity index (χ1v) is 6.31. The summed E-state index contributed by atoms with van der Waals surface area (Å²) in [6.07, 6.45) is 1.42. The number of halogens is 1. The van der Waals surface area contributed by atoms with Crippen LogP contribution in [0, 0.1) is 0 Å². The van der Waals surface area contributed by atoms with E-state index in [1.54, 1.807) is 0 Å². The second-order valence-corrected chi connectivity index (χ2v) is 5.00. The summed E-state index contributed by atoms with van der Waals surface area (Å²) in [5, 5.41) is 14.3. The van der Waals surface area contributed by atoms with Crippen LogP contribution in [0.2, 0.25) is 5.02 Å². The van der Waals surface area contributed by atoms with Crippen molar-refractivity contribution < 1.29 is 9.84 Å². The van der Waals surface area contributed by atoms with Crippen LogP contribution in [-0.2, 0) is 11.3 Å². The fourth-order valence-corrected chi connectivity index (χ4v) is 2.10. The first kappa shape index (κ1) is 12.8. The molecule has 1 aromatic carbocycles. The Bertz CT molecular complexity index is 347. The molecule has 1 fully saturated rings. The Morgan fingerprint density at radius 1 is 1.24 bits per heavy atom. The van der Waals surface area contributed by atoms with Crippen LogP contribution in [0.15, 0.2) is 24.3 Å². The third-order valence-electron chi connectivity index (χ3n) is 3.12. The molecule has 0 aromatic heterocycles. The molecule has 17 heavy (non-hydrogen) atoms. The molecule has 3 nitrogen and oxygen atoms in total. The molecule has 0 unspecified atom stereocenters. The fourth-order valence-electron chi connectivity index (χ4n) is 1.97. The van der Waals surface area contributed by atoms with Gasteiger partial charge in [0.25, 0.3) is 0 Å². The molecule has 1 saturated heterocycles. The van der Waals surface area contributed by atoms with Crippen LogP contribution in [0.1, 0.15) is 18.4 Å². The molecule has 0 radical (unpaired) electrons. The van der Waals surface area contributed by atoms with Crippen LogP contribution < -0.4 is 5.32 Å². The van der Waals surface area contributed by atoms with Gasteiger partial charge < -0.3 is 15.2 Å². The smallest absolute Gasteiger partial charge is 0.0815 e. The molecule has 0 aliphatic carbocycles. The van der Waals surface area contributed by atoms with E-state index in [4.69, 9.17) is 16.3 Å². The average molecular weight is 256 g/mol. The summed E-state index contributed by atoms with van der Waals surface area (Å²) in [5.41, 5.74) is 0.565. The largest absolute Gasteiger partial charge is 0.388 e. The Morgan fingerprint density at radius 3 is 2.53 bits per heavy atom. The van der Waals surface area contributed by atoms with E-state index in [1.165, 1.54) is 5.56 Å². The molecule has 94 valence electrons. The highest BCUT2D eigenvalue weighted by atomic mass is 35.5. The number of ether oxygens (including phenoxy) is 1. The lowest BCUT2D eigenvalue weighted by atomic mass is 9.94. The van der Waals surface area contributed by atoms with Gasteiger partial charge in [-0.15, -0.1) is 0 Å². The molecule has 0 amide bonds. The van der Waals surface area contributed by atoms with Gasteiger partial charge in [0.1, 0.15) is 0 Å². The predicted octanol–water partition coefficient (Wildman–Crippen LogP) is 1.97. The molecule has 4 heteroatoms. The molecule has 1 aliphatic rings. The first-order chi connectivity index (χ1) is 8.18. The predicted molar refractivity (Wildman–Crippen MR) is 68.2 cm³/mol. The summed E-state index contributed by atoms with van der Waals surface area (Å²) < 4.78 is 5.24. The lowest BCUT2D eigenvalue weighted by molar-refractivity contribution is -0.0617. The van der Waals surface area contributed by atoms with Gasteiger partial charge in [0, 0.05) is 44.2 Å². The van der Waals surface area contributed by atoms with E-state index in [1.807, 2.05) is 24.3 Å². The summed E-state index contributed by atoms with van der Waals surface area (Å²) in [4.78, 5) is 0. The Balaban J connectivity index is 1.77. The van der Waals surface area contributed by atoms with Crippen LogP contribution in [0.25, 0.3) is 0 Å². The van der Waals surface area contributed by atoms with Crippen LogP contribution >= 0.6 is 11.6 Å². The summed E-state index contributed by atoms with van der Waals surface area (Å²) in [7, 11) is 0. The number of hydrogen-bond acceptors (Lipinski definition) is 3. The molecule has 1 aromatic rings. The van der Waals surface area contributed by atoms with Crippen LogP contribution in [0.4, 0.5) is 0 Å². The van der Waals surface area contributed by atoms with Crippen molar-refractivity contribution in [3.63, 3.8) is 0 Å². The lowest BCUT2D eigenvalue weighted by Crippen LogP contribution is -2.44. The monoisotopic (exact) mass is 255 g/mol. The zero-order valence-corrected chi connectivity index (χ0v) is 10.5. The second kappa shape index (κ2) is 5.83. The number of hydrogen-bond donors (Lipinski definition) is 2. The van der Waals surface area contributed by atoms with Crippen molar-refractivity contribution in [2.75, 3.05) is 19.8 Å². The van der Waals surface area contributed by atoms with Crippen molar-refractivity contribution >= 4 is 11.6 Å². The van der Waals surface area contributed by atoms with Crippen molar-refractivity contribution in [3.05, 3.63) is 34.9 Å². The Morgan fingerprint density at radius 2 is 1.88 bits per heavy atom. The fraction of sp³-hybridized carbons (Fsp3) is 0.538. The molecule has 0 saturated carbocycles. The number of benzene rings is 1. The number of rotatable bonds is 4. The maximum Gasteiger partial charge on any atom is 0.0815 e. The van der Waals surface area contributed by atoms with Crippen LogP contribution in [0.3, 0.4) is 0 Å². The third-order valence-corrected chi connectivity index (χ3v) is 3.37. The molecular weight excluding hydrogens is 238 g/mol. The van der Waals surface area contributed by atoms with E-state index >= 15 is 0 Å². The van der Waals surface area contributed by atoms with E-state index in [-0.39, 0.29) is 0 Å². The van der Waals surface area contributed by atoms with Gasteiger partial charge in [-0.2, -0.15) is 0 Å². The molecule has 1 heterocycles. The van der Waals surface area contributed by atoms with Gasteiger partial charge in [-0.1, -0.05) is 23.7 Å². The minimum Gasteiger partial charge on any atom is -0.388 e. The summed E-state index contributed by atoms with van der Waals surface area (Å²) in [6.45, 7) is 2.66. The van der Waals surface area contributed by atoms with Crippen molar-refractivity contribution in [2.24, 2.45) is 0 Å². The quantitative estimate of drug-likeness (QED) is 0.865.